The van der Waals surface area contributed by atoms with Crippen LogP contribution in [0.25, 0.3) is 10.8 Å². The zero-order chi connectivity index (χ0) is 18.1. The molecule has 9 heteroatoms. The Labute approximate surface area is 155 Å². The summed E-state index contributed by atoms with van der Waals surface area (Å²) in [4.78, 5) is 0.628. The van der Waals surface area contributed by atoms with Gasteiger partial charge < -0.3 is 9.15 Å². The Bertz CT molecular complexity index is 1020. The summed E-state index contributed by atoms with van der Waals surface area (Å²) < 4.78 is 38.9. The van der Waals surface area contributed by atoms with Crippen LogP contribution in [0, 0.1) is 0 Å². The molecule has 4 rings (SSSR count). The van der Waals surface area contributed by atoms with Crippen LogP contribution >= 0.6 is 11.3 Å². The lowest BCUT2D eigenvalue weighted by Crippen LogP contribution is -2.12. The fraction of sp³-hybridized carbons (Fsp3) is 0.294. The smallest absolute Gasteiger partial charge is 0.271 e. The lowest BCUT2D eigenvalue weighted by atomic mass is 9.85. The maximum absolute atomic E-state index is 12.7. The first-order valence-electron chi connectivity index (χ1n) is 8.16. The van der Waals surface area contributed by atoms with Crippen molar-refractivity contribution in [2.75, 3.05) is 11.8 Å². The molecule has 2 aromatic heterocycles. The number of aromatic nitrogens is 2. The first-order valence-corrected chi connectivity index (χ1v) is 10.5. The van der Waals surface area contributed by atoms with E-state index >= 15 is 0 Å². The first-order chi connectivity index (χ1) is 12.6. The monoisotopic (exact) mass is 391 g/mol. The van der Waals surface area contributed by atoms with Gasteiger partial charge in [-0.1, -0.05) is 18.6 Å². The van der Waals surface area contributed by atoms with Gasteiger partial charge in [0.15, 0.2) is 0 Å². The number of anilines is 1. The van der Waals surface area contributed by atoms with E-state index in [-0.39, 0.29) is 4.21 Å². The number of benzene rings is 1. The third-order valence-electron chi connectivity index (χ3n) is 4.30. The normalized spacial score (nSPS) is 14.8. The highest BCUT2D eigenvalue weighted by Gasteiger charge is 2.26. The SMILES string of the molecule is COc1ccccc1NS(=O)(=O)c1ccc(-c2nnc(C3CCC3)o2)s1. The van der Waals surface area contributed by atoms with Crippen LogP contribution in [-0.2, 0) is 10.0 Å². The molecule has 26 heavy (non-hydrogen) atoms. The van der Waals surface area contributed by atoms with Crippen molar-refractivity contribution in [1.29, 1.82) is 0 Å². The van der Waals surface area contributed by atoms with Crippen molar-refractivity contribution in [3.8, 4) is 16.5 Å². The van der Waals surface area contributed by atoms with Gasteiger partial charge in [0.05, 0.1) is 17.7 Å². The van der Waals surface area contributed by atoms with Gasteiger partial charge in [0.25, 0.3) is 15.9 Å². The number of methoxy groups -OCH3 is 1. The molecule has 0 unspecified atom stereocenters. The number of hydrogen-bond acceptors (Lipinski definition) is 7. The van der Waals surface area contributed by atoms with Crippen LogP contribution in [0.15, 0.2) is 45.0 Å². The van der Waals surface area contributed by atoms with Gasteiger partial charge in [-0.2, -0.15) is 0 Å². The molecule has 1 aromatic carbocycles. The molecule has 0 bridgehead atoms. The molecule has 136 valence electrons. The second-order valence-corrected chi connectivity index (χ2v) is 8.99. The number of hydrogen-bond donors (Lipinski definition) is 1. The lowest BCUT2D eigenvalue weighted by Gasteiger charge is -2.20. The average Bonchev–Trinajstić information content (AvgIpc) is 3.23. The highest BCUT2D eigenvalue weighted by Crippen LogP contribution is 2.38. The Hall–Kier alpha value is -2.39. The molecule has 1 aliphatic rings. The van der Waals surface area contributed by atoms with Crippen LogP contribution in [0.4, 0.5) is 5.69 Å². The molecular formula is C17H17N3O4S2. The summed E-state index contributed by atoms with van der Waals surface area (Å²) in [7, 11) is -2.25. The topological polar surface area (TPSA) is 94.3 Å². The number of thiophene rings is 1. The Morgan fingerprint density at radius 3 is 2.73 bits per heavy atom. The molecule has 0 atom stereocenters. The summed E-state index contributed by atoms with van der Waals surface area (Å²) in [5.41, 5.74) is 0.384. The van der Waals surface area contributed by atoms with Crippen molar-refractivity contribution in [3.63, 3.8) is 0 Å². The third-order valence-corrected chi connectivity index (χ3v) is 7.23. The Balaban J connectivity index is 1.57. The first kappa shape index (κ1) is 17.0. The molecule has 3 aromatic rings. The van der Waals surface area contributed by atoms with Crippen molar-refractivity contribution in [2.24, 2.45) is 0 Å². The minimum Gasteiger partial charge on any atom is -0.495 e. The van der Waals surface area contributed by atoms with Gasteiger partial charge in [-0.3, -0.25) is 4.72 Å². The van der Waals surface area contributed by atoms with E-state index in [0.29, 0.717) is 34.0 Å². The maximum Gasteiger partial charge on any atom is 0.271 e. The van der Waals surface area contributed by atoms with Gasteiger partial charge in [-0.15, -0.1) is 21.5 Å². The fourth-order valence-electron chi connectivity index (χ4n) is 2.66. The Kier molecular flexibility index (Phi) is 4.41. The summed E-state index contributed by atoms with van der Waals surface area (Å²) >= 11 is 1.09. The molecule has 0 saturated heterocycles. The molecule has 0 radical (unpaired) electrons. The molecule has 1 N–H and O–H groups in total. The number of nitrogens with one attached hydrogen (secondary N) is 1. The molecule has 0 spiro atoms. The molecule has 7 nitrogen and oxygen atoms in total. The van der Waals surface area contributed by atoms with Gasteiger partial charge >= 0.3 is 0 Å². The van der Waals surface area contributed by atoms with Crippen LogP contribution < -0.4 is 9.46 Å². The largest absolute Gasteiger partial charge is 0.495 e. The van der Waals surface area contributed by atoms with Gasteiger partial charge in [0.2, 0.25) is 5.89 Å². The highest BCUT2D eigenvalue weighted by molar-refractivity contribution is 7.94. The highest BCUT2D eigenvalue weighted by atomic mass is 32.2. The van der Waals surface area contributed by atoms with Crippen molar-refractivity contribution < 1.29 is 17.6 Å². The Morgan fingerprint density at radius 1 is 1.19 bits per heavy atom. The van der Waals surface area contributed by atoms with E-state index in [4.69, 9.17) is 9.15 Å². The van der Waals surface area contributed by atoms with E-state index in [2.05, 4.69) is 14.9 Å². The quantitative estimate of drug-likeness (QED) is 0.685. The average molecular weight is 391 g/mol. The van der Waals surface area contributed by atoms with Crippen molar-refractivity contribution in [3.05, 3.63) is 42.3 Å². The van der Waals surface area contributed by atoms with Gasteiger partial charge in [-0.25, -0.2) is 8.42 Å². The molecule has 1 fully saturated rings. The standard InChI is InChI=1S/C17H17N3O4S2/c1-23-13-8-3-2-7-12(13)20-26(21,22)15-10-9-14(25-15)17-19-18-16(24-17)11-5-4-6-11/h2-3,7-11,20H,4-6H2,1H3. The van der Waals surface area contributed by atoms with Gasteiger partial charge in [0, 0.05) is 5.92 Å². The molecule has 1 saturated carbocycles. The van der Waals surface area contributed by atoms with E-state index in [1.807, 2.05) is 0 Å². The summed E-state index contributed by atoms with van der Waals surface area (Å²) in [6, 6.07) is 10.1. The van der Waals surface area contributed by atoms with Crippen molar-refractivity contribution in [1.82, 2.24) is 10.2 Å². The van der Waals surface area contributed by atoms with Crippen LogP contribution in [0.3, 0.4) is 0 Å². The number of rotatable bonds is 6. The van der Waals surface area contributed by atoms with Gasteiger partial charge in [0.1, 0.15) is 9.96 Å². The van der Waals surface area contributed by atoms with Crippen LogP contribution in [0.1, 0.15) is 31.1 Å². The van der Waals surface area contributed by atoms with E-state index in [9.17, 15) is 8.42 Å². The van der Waals surface area contributed by atoms with E-state index in [1.54, 1.807) is 30.3 Å². The second-order valence-electron chi connectivity index (χ2n) is 6.00. The zero-order valence-corrected chi connectivity index (χ0v) is 15.6. The van der Waals surface area contributed by atoms with Crippen LogP contribution in [0.2, 0.25) is 0 Å². The minimum absolute atomic E-state index is 0.168. The lowest BCUT2D eigenvalue weighted by molar-refractivity contribution is 0.338. The number of para-hydroxylation sites is 2. The van der Waals surface area contributed by atoms with Crippen LogP contribution in [0.5, 0.6) is 5.75 Å². The van der Waals surface area contributed by atoms with E-state index < -0.39 is 10.0 Å². The summed E-state index contributed by atoms with van der Waals surface area (Å²) in [5, 5.41) is 8.14. The molecule has 0 amide bonds. The summed E-state index contributed by atoms with van der Waals surface area (Å²) in [6.07, 6.45) is 3.31. The predicted octanol–water partition coefficient (Wildman–Crippen LogP) is 3.88. The minimum atomic E-state index is -3.74. The van der Waals surface area contributed by atoms with Gasteiger partial charge in [-0.05, 0) is 37.1 Å². The van der Waals surface area contributed by atoms with Crippen molar-refractivity contribution >= 4 is 27.0 Å². The number of nitrogens with zero attached hydrogens (tertiary/aromatic N) is 2. The Morgan fingerprint density at radius 2 is 2.00 bits per heavy atom. The molecule has 2 heterocycles. The number of ether oxygens (including phenoxy) is 1. The summed E-state index contributed by atoms with van der Waals surface area (Å²) in [6.45, 7) is 0. The van der Waals surface area contributed by atoms with E-state index in [1.165, 1.54) is 19.6 Å². The maximum atomic E-state index is 12.7. The van der Waals surface area contributed by atoms with Crippen LogP contribution in [-0.4, -0.2) is 25.7 Å². The summed E-state index contributed by atoms with van der Waals surface area (Å²) in [5.74, 6) is 1.79. The number of sulfonamides is 1. The third kappa shape index (κ3) is 3.19. The zero-order valence-electron chi connectivity index (χ0n) is 14.0. The van der Waals surface area contributed by atoms with Crippen molar-refractivity contribution in [2.45, 2.75) is 29.4 Å². The molecule has 1 aliphatic carbocycles. The molecule has 0 aliphatic heterocycles. The molecular weight excluding hydrogens is 374 g/mol. The van der Waals surface area contributed by atoms with E-state index in [0.717, 1.165) is 24.2 Å². The second kappa shape index (κ2) is 6.73. The predicted molar refractivity (Wildman–Crippen MR) is 98.0 cm³/mol. The fourth-order valence-corrected chi connectivity index (χ4v) is 4.96.